The Morgan fingerprint density at radius 1 is 1.21 bits per heavy atom. The molecule has 4 aromatic rings. The molecule has 3 aromatic heterocycles. The van der Waals surface area contributed by atoms with Crippen LogP contribution in [-0.2, 0) is 11.3 Å². The van der Waals surface area contributed by atoms with Crippen LogP contribution in [0.4, 0.5) is 20.5 Å². The van der Waals surface area contributed by atoms with E-state index in [-0.39, 0.29) is 12.1 Å². The van der Waals surface area contributed by atoms with E-state index in [4.69, 9.17) is 4.74 Å². The number of benzene rings is 1. The van der Waals surface area contributed by atoms with Crippen molar-refractivity contribution < 1.29 is 13.5 Å². The average Bonchev–Trinajstić information content (AvgIpc) is 3.34. The molecule has 1 aliphatic rings. The van der Waals surface area contributed by atoms with Crippen LogP contribution in [0.3, 0.4) is 0 Å². The van der Waals surface area contributed by atoms with Gasteiger partial charge in [0.1, 0.15) is 15.9 Å². The SMILES string of the molecule is Fc1ccc2[nH]c(CNc3nc(N4CCOCC4)nn4c(Br)cnc34)nc2c1F. The molecule has 1 aliphatic heterocycles. The number of hydrogen-bond acceptors (Lipinski definition) is 7. The number of H-pyrrole nitrogens is 1. The zero-order valence-electron chi connectivity index (χ0n) is 15.0. The smallest absolute Gasteiger partial charge is 0.245 e. The maximum Gasteiger partial charge on any atom is 0.245 e. The van der Waals surface area contributed by atoms with Crippen LogP contribution in [-0.4, -0.2) is 55.9 Å². The molecule has 4 heterocycles. The normalized spacial score (nSPS) is 14.8. The van der Waals surface area contributed by atoms with Crippen molar-refractivity contribution in [2.75, 3.05) is 36.5 Å². The molecule has 5 rings (SSSR count). The Morgan fingerprint density at radius 3 is 2.86 bits per heavy atom. The number of aromatic nitrogens is 6. The summed E-state index contributed by atoms with van der Waals surface area (Å²) >= 11 is 3.44. The second-order valence-electron chi connectivity index (χ2n) is 6.47. The molecule has 2 N–H and O–H groups in total. The van der Waals surface area contributed by atoms with Crippen molar-refractivity contribution in [3.8, 4) is 0 Å². The number of imidazole rings is 2. The number of nitrogens with zero attached hydrogens (tertiary/aromatic N) is 6. The zero-order valence-corrected chi connectivity index (χ0v) is 16.6. The largest absolute Gasteiger partial charge is 0.378 e. The van der Waals surface area contributed by atoms with Crippen molar-refractivity contribution in [3.63, 3.8) is 0 Å². The van der Waals surface area contributed by atoms with E-state index in [0.29, 0.717) is 59.7 Å². The molecule has 12 heteroatoms. The van der Waals surface area contributed by atoms with Crippen molar-refractivity contribution in [1.82, 2.24) is 29.5 Å². The number of aromatic amines is 1. The van der Waals surface area contributed by atoms with Gasteiger partial charge in [-0.25, -0.2) is 18.7 Å². The van der Waals surface area contributed by atoms with E-state index < -0.39 is 11.6 Å². The van der Waals surface area contributed by atoms with Crippen LogP contribution in [0, 0.1) is 11.6 Å². The number of ether oxygens (including phenoxy) is 1. The van der Waals surface area contributed by atoms with E-state index in [9.17, 15) is 8.78 Å². The molecule has 1 aromatic carbocycles. The van der Waals surface area contributed by atoms with Crippen LogP contribution in [0.1, 0.15) is 5.82 Å². The molecule has 0 aliphatic carbocycles. The summed E-state index contributed by atoms with van der Waals surface area (Å²) in [5, 5.41) is 7.71. The Labute approximate surface area is 171 Å². The molecule has 29 heavy (non-hydrogen) atoms. The van der Waals surface area contributed by atoms with E-state index in [1.165, 1.54) is 6.07 Å². The second-order valence-corrected chi connectivity index (χ2v) is 7.28. The van der Waals surface area contributed by atoms with Gasteiger partial charge in [0.2, 0.25) is 5.95 Å². The average molecular weight is 465 g/mol. The van der Waals surface area contributed by atoms with Gasteiger partial charge in [-0.05, 0) is 28.1 Å². The summed E-state index contributed by atoms with van der Waals surface area (Å²) in [6.07, 6.45) is 1.64. The zero-order chi connectivity index (χ0) is 20.0. The highest BCUT2D eigenvalue weighted by Crippen LogP contribution is 2.23. The molecule has 0 atom stereocenters. The minimum Gasteiger partial charge on any atom is -0.378 e. The molecule has 0 amide bonds. The number of rotatable bonds is 4. The third-order valence-electron chi connectivity index (χ3n) is 4.62. The third-order valence-corrected chi connectivity index (χ3v) is 5.16. The van der Waals surface area contributed by atoms with Crippen LogP contribution >= 0.6 is 15.9 Å². The maximum absolute atomic E-state index is 13.9. The van der Waals surface area contributed by atoms with Gasteiger partial charge in [-0.1, -0.05) is 0 Å². The highest BCUT2D eigenvalue weighted by Gasteiger charge is 2.19. The predicted molar refractivity (Wildman–Crippen MR) is 105 cm³/mol. The Bertz CT molecular complexity index is 1200. The molecule has 0 bridgehead atoms. The summed E-state index contributed by atoms with van der Waals surface area (Å²) in [5.41, 5.74) is 0.917. The number of nitrogens with one attached hydrogen (secondary N) is 2. The highest BCUT2D eigenvalue weighted by molar-refractivity contribution is 9.10. The standard InChI is InChI=1S/C17H15BrF2N8O/c18-11-7-22-16-15(25-17(26-28(11)16)27-3-5-29-6-4-27)21-8-12-23-10-2-1-9(19)13(20)14(10)24-12/h1-2,7H,3-6,8H2,(H,23,24)(H,21,25,26). The fourth-order valence-corrected chi connectivity index (χ4v) is 3.53. The van der Waals surface area contributed by atoms with E-state index in [2.05, 4.69) is 46.3 Å². The van der Waals surface area contributed by atoms with Crippen LogP contribution in [0.25, 0.3) is 16.7 Å². The molecule has 0 saturated carbocycles. The first kappa shape index (κ1) is 18.2. The Kier molecular flexibility index (Phi) is 4.51. The topological polar surface area (TPSA) is 96.3 Å². The van der Waals surface area contributed by atoms with Gasteiger partial charge < -0.3 is 19.9 Å². The summed E-state index contributed by atoms with van der Waals surface area (Å²) in [6, 6.07) is 2.52. The third kappa shape index (κ3) is 3.27. The van der Waals surface area contributed by atoms with Crippen LogP contribution in [0.15, 0.2) is 22.9 Å². The fraction of sp³-hybridized carbons (Fsp3) is 0.294. The van der Waals surface area contributed by atoms with Crippen LogP contribution in [0.2, 0.25) is 0 Å². The number of anilines is 2. The van der Waals surface area contributed by atoms with E-state index in [1.807, 2.05) is 4.90 Å². The minimum absolute atomic E-state index is 0.0350. The predicted octanol–water partition coefficient (Wildman–Crippen LogP) is 2.49. The number of halogens is 3. The molecule has 150 valence electrons. The molecular weight excluding hydrogens is 450 g/mol. The van der Waals surface area contributed by atoms with E-state index >= 15 is 0 Å². The van der Waals surface area contributed by atoms with Crippen molar-refractivity contribution >= 4 is 44.4 Å². The lowest BCUT2D eigenvalue weighted by Gasteiger charge is -2.26. The van der Waals surface area contributed by atoms with E-state index in [1.54, 1.807) is 10.7 Å². The molecule has 0 spiro atoms. The lowest BCUT2D eigenvalue weighted by Crippen LogP contribution is -2.37. The number of hydrogen-bond donors (Lipinski definition) is 2. The molecule has 0 unspecified atom stereocenters. The van der Waals surface area contributed by atoms with Gasteiger partial charge in [0, 0.05) is 13.1 Å². The van der Waals surface area contributed by atoms with Gasteiger partial charge in [0.15, 0.2) is 23.1 Å². The molecule has 9 nitrogen and oxygen atoms in total. The van der Waals surface area contributed by atoms with Crippen LogP contribution in [0.5, 0.6) is 0 Å². The van der Waals surface area contributed by atoms with Gasteiger partial charge in [0.25, 0.3) is 0 Å². The number of fused-ring (bicyclic) bond motifs is 2. The monoisotopic (exact) mass is 464 g/mol. The fourth-order valence-electron chi connectivity index (χ4n) is 3.18. The Hall–Kier alpha value is -2.86. The molecule has 1 saturated heterocycles. The van der Waals surface area contributed by atoms with Gasteiger partial charge in [-0.2, -0.15) is 9.50 Å². The van der Waals surface area contributed by atoms with Crippen molar-refractivity contribution in [1.29, 1.82) is 0 Å². The van der Waals surface area contributed by atoms with Gasteiger partial charge in [-0.3, -0.25) is 0 Å². The Morgan fingerprint density at radius 2 is 2.03 bits per heavy atom. The first-order chi connectivity index (χ1) is 14.1. The van der Waals surface area contributed by atoms with Crippen molar-refractivity contribution in [2.45, 2.75) is 6.54 Å². The van der Waals surface area contributed by atoms with Gasteiger partial charge in [0.05, 0.1) is 31.5 Å². The Balaban J connectivity index is 1.47. The number of morpholine rings is 1. The molecule has 1 fully saturated rings. The highest BCUT2D eigenvalue weighted by atomic mass is 79.9. The first-order valence-electron chi connectivity index (χ1n) is 8.90. The molecular formula is C17H15BrF2N8O. The maximum atomic E-state index is 13.9. The van der Waals surface area contributed by atoms with Crippen LogP contribution < -0.4 is 10.2 Å². The van der Waals surface area contributed by atoms with E-state index in [0.717, 1.165) is 6.07 Å². The summed E-state index contributed by atoms with van der Waals surface area (Å²) < 4.78 is 35.1. The minimum atomic E-state index is -0.971. The summed E-state index contributed by atoms with van der Waals surface area (Å²) in [5.74, 6) is -0.418. The first-order valence-corrected chi connectivity index (χ1v) is 9.70. The summed E-state index contributed by atoms with van der Waals surface area (Å²) in [4.78, 5) is 18.1. The van der Waals surface area contributed by atoms with Crippen molar-refractivity contribution in [3.05, 3.63) is 40.4 Å². The lowest BCUT2D eigenvalue weighted by atomic mass is 10.3. The lowest BCUT2D eigenvalue weighted by molar-refractivity contribution is 0.122. The van der Waals surface area contributed by atoms with Gasteiger partial charge >= 0.3 is 0 Å². The summed E-state index contributed by atoms with van der Waals surface area (Å²) in [7, 11) is 0. The van der Waals surface area contributed by atoms with Gasteiger partial charge in [-0.15, -0.1) is 5.10 Å². The quantitative estimate of drug-likeness (QED) is 0.478. The second kappa shape index (κ2) is 7.19. The molecule has 0 radical (unpaired) electrons. The summed E-state index contributed by atoms with van der Waals surface area (Å²) in [6.45, 7) is 2.81. The van der Waals surface area contributed by atoms with Crippen molar-refractivity contribution in [2.24, 2.45) is 0 Å².